The van der Waals surface area contributed by atoms with E-state index in [1.54, 1.807) is 42.5 Å². The number of ether oxygens (including phenoxy) is 2. The molecule has 0 bridgehead atoms. The molecule has 5 heteroatoms. The summed E-state index contributed by atoms with van der Waals surface area (Å²) in [5, 5.41) is 9.11. The number of methoxy groups -OCH3 is 1. The molecule has 0 spiro atoms. The minimum absolute atomic E-state index is 0.0521. The number of aromatic carboxylic acids is 1. The molecule has 0 amide bonds. The van der Waals surface area contributed by atoms with Gasteiger partial charge in [0.15, 0.2) is 0 Å². The van der Waals surface area contributed by atoms with Crippen molar-refractivity contribution in [3.63, 3.8) is 0 Å². The van der Waals surface area contributed by atoms with Crippen molar-refractivity contribution in [2.75, 3.05) is 7.11 Å². The number of rotatable bonds is 5. The van der Waals surface area contributed by atoms with Gasteiger partial charge in [0, 0.05) is 5.56 Å². The smallest absolute Gasteiger partial charge is 0.341 e. The number of carboxylic acids is 1. The van der Waals surface area contributed by atoms with Crippen LogP contribution in [0.25, 0.3) is 0 Å². The van der Waals surface area contributed by atoms with Crippen molar-refractivity contribution < 1.29 is 24.2 Å². The Hall–Kier alpha value is -2.82. The Morgan fingerprint density at radius 3 is 2.29 bits per heavy atom. The molecule has 0 saturated heterocycles. The average molecular weight is 286 g/mol. The van der Waals surface area contributed by atoms with E-state index in [9.17, 15) is 9.59 Å². The van der Waals surface area contributed by atoms with Gasteiger partial charge in [-0.1, -0.05) is 30.3 Å². The van der Waals surface area contributed by atoms with Crippen LogP contribution in [0.2, 0.25) is 0 Å². The van der Waals surface area contributed by atoms with Crippen LogP contribution in [0.1, 0.15) is 26.3 Å². The fourth-order valence-corrected chi connectivity index (χ4v) is 1.88. The molecule has 0 aliphatic rings. The molecule has 0 aliphatic heterocycles. The summed E-state index contributed by atoms with van der Waals surface area (Å²) in [5.41, 5.74) is 1.01. The van der Waals surface area contributed by atoms with Gasteiger partial charge in [0.05, 0.1) is 12.7 Å². The lowest BCUT2D eigenvalue weighted by molar-refractivity contribution is 0.0593. The van der Waals surface area contributed by atoms with Crippen molar-refractivity contribution in [3.05, 3.63) is 65.2 Å². The van der Waals surface area contributed by atoms with Gasteiger partial charge in [-0.2, -0.15) is 0 Å². The second-order valence-electron chi connectivity index (χ2n) is 4.24. The summed E-state index contributed by atoms with van der Waals surface area (Å²) in [5.74, 6) is -1.17. The third kappa shape index (κ3) is 3.39. The molecule has 2 aromatic rings. The van der Waals surface area contributed by atoms with Crippen LogP contribution in [-0.2, 0) is 11.3 Å². The Kier molecular flexibility index (Phi) is 4.56. The van der Waals surface area contributed by atoms with Gasteiger partial charge >= 0.3 is 11.9 Å². The van der Waals surface area contributed by atoms with Crippen molar-refractivity contribution in [2.45, 2.75) is 6.61 Å². The number of carbonyl (C=O) groups is 2. The molecular weight excluding hydrogens is 272 g/mol. The maximum absolute atomic E-state index is 11.6. The number of esters is 1. The summed E-state index contributed by atoms with van der Waals surface area (Å²) < 4.78 is 10.3. The van der Waals surface area contributed by atoms with Gasteiger partial charge in [-0.05, 0) is 18.2 Å². The standard InChI is InChI=1S/C16H14O5/c1-20-16(19)13-8-4-5-9-14(13)21-10-11-6-2-3-7-12(11)15(17)18/h2-9H,10H2,1H3,(H,17,18). The van der Waals surface area contributed by atoms with Gasteiger partial charge in [-0.3, -0.25) is 0 Å². The largest absolute Gasteiger partial charge is 0.488 e. The van der Waals surface area contributed by atoms with Crippen molar-refractivity contribution >= 4 is 11.9 Å². The Labute approximate surface area is 121 Å². The van der Waals surface area contributed by atoms with E-state index < -0.39 is 11.9 Å². The van der Waals surface area contributed by atoms with Crippen molar-refractivity contribution in [3.8, 4) is 5.75 Å². The summed E-state index contributed by atoms with van der Waals surface area (Å²) in [6.07, 6.45) is 0. The number of carboxylic acid groups (broad SMARTS) is 1. The van der Waals surface area contributed by atoms with Crippen LogP contribution in [0.3, 0.4) is 0 Å². The number of hydrogen-bond acceptors (Lipinski definition) is 4. The zero-order valence-corrected chi connectivity index (χ0v) is 11.4. The fraction of sp³-hybridized carbons (Fsp3) is 0.125. The molecule has 0 fully saturated rings. The number of hydrogen-bond donors (Lipinski definition) is 1. The quantitative estimate of drug-likeness (QED) is 0.856. The first-order valence-electron chi connectivity index (χ1n) is 6.25. The lowest BCUT2D eigenvalue weighted by Crippen LogP contribution is -2.08. The van der Waals surface area contributed by atoms with E-state index in [2.05, 4.69) is 4.74 Å². The fourth-order valence-electron chi connectivity index (χ4n) is 1.88. The van der Waals surface area contributed by atoms with Crippen molar-refractivity contribution in [2.24, 2.45) is 0 Å². The van der Waals surface area contributed by atoms with Crippen LogP contribution in [0.15, 0.2) is 48.5 Å². The molecule has 0 atom stereocenters. The molecule has 0 radical (unpaired) electrons. The zero-order valence-electron chi connectivity index (χ0n) is 11.4. The second kappa shape index (κ2) is 6.56. The molecule has 0 unspecified atom stereocenters. The van der Waals surface area contributed by atoms with Gasteiger partial charge in [0.25, 0.3) is 0 Å². The average Bonchev–Trinajstić information content (AvgIpc) is 2.52. The SMILES string of the molecule is COC(=O)c1ccccc1OCc1ccccc1C(=O)O. The first-order valence-corrected chi connectivity index (χ1v) is 6.25. The van der Waals surface area contributed by atoms with E-state index in [1.165, 1.54) is 13.2 Å². The highest BCUT2D eigenvalue weighted by molar-refractivity contribution is 5.92. The second-order valence-corrected chi connectivity index (χ2v) is 4.24. The maximum atomic E-state index is 11.6. The molecule has 0 aromatic heterocycles. The Bertz CT molecular complexity index is 663. The summed E-state index contributed by atoms with van der Waals surface area (Å²) in [6, 6.07) is 13.2. The minimum Gasteiger partial charge on any atom is -0.488 e. The van der Waals surface area contributed by atoms with E-state index >= 15 is 0 Å². The van der Waals surface area contributed by atoms with E-state index in [4.69, 9.17) is 9.84 Å². The topological polar surface area (TPSA) is 72.8 Å². The zero-order chi connectivity index (χ0) is 15.2. The van der Waals surface area contributed by atoms with E-state index in [-0.39, 0.29) is 12.2 Å². The minimum atomic E-state index is -1.02. The highest BCUT2D eigenvalue weighted by atomic mass is 16.5. The third-order valence-corrected chi connectivity index (χ3v) is 2.92. The molecule has 0 heterocycles. The molecule has 21 heavy (non-hydrogen) atoms. The molecule has 5 nitrogen and oxygen atoms in total. The number of para-hydroxylation sites is 1. The first-order chi connectivity index (χ1) is 10.1. The molecule has 0 saturated carbocycles. The molecule has 2 rings (SSSR count). The van der Waals surface area contributed by atoms with Crippen LogP contribution in [-0.4, -0.2) is 24.2 Å². The number of carbonyl (C=O) groups excluding carboxylic acids is 1. The van der Waals surface area contributed by atoms with Crippen LogP contribution >= 0.6 is 0 Å². The monoisotopic (exact) mass is 286 g/mol. The lowest BCUT2D eigenvalue weighted by Gasteiger charge is -2.11. The molecule has 108 valence electrons. The third-order valence-electron chi connectivity index (χ3n) is 2.92. The predicted molar refractivity (Wildman–Crippen MR) is 75.5 cm³/mol. The Morgan fingerprint density at radius 2 is 1.62 bits per heavy atom. The number of benzene rings is 2. The lowest BCUT2D eigenvalue weighted by atomic mass is 10.1. The van der Waals surface area contributed by atoms with Gasteiger partial charge < -0.3 is 14.6 Å². The van der Waals surface area contributed by atoms with Crippen LogP contribution < -0.4 is 4.74 Å². The maximum Gasteiger partial charge on any atom is 0.341 e. The molecule has 1 N–H and O–H groups in total. The highest BCUT2D eigenvalue weighted by Gasteiger charge is 2.14. The summed E-state index contributed by atoms with van der Waals surface area (Å²) >= 11 is 0. The summed E-state index contributed by atoms with van der Waals surface area (Å²) in [7, 11) is 1.29. The van der Waals surface area contributed by atoms with Crippen LogP contribution in [0, 0.1) is 0 Å². The normalized spacial score (nSPS) is 9.95. The predicted octanol–water partition coefficient (Wildman–Crippen LogP) is 2.75. The van der Waals surface area contributed by atoms with Gasteiger partial charge in [-0.15, -0.1) is 0 Å². The summed E-state index contributed by atoms with van der Waals surface area (Å²) in [4.78, 5) is 22.7. The van der Waals surface area contributed by atoms with Crippen LogP contribution in [0.5, 0.6) is 5.75 Å². The van der Waals surface area contributed by atoms with Crippen LogP contribution in [0.4, 0.5) is 0 Å². The van der Waals surface area contributed by atoms with Crippen molar-refractivity contribution in [1.29, 1.82) is 0 Å². The molecular formula is C16H14O5. The first kappa shape index (κ1) is 14.6. The summed E-state index contributed by atoms with van der Waals surface area (Å²) in [6.45, 7) is 0.0521. The van der Waals surface area contributed by atoms with Gasteiger partial charge in [-0.25, -0.2) is 9.59 Å². The van der Waals surface area contributed by atoms with Gasteiger partial charge in [0.2, 0.25) is 0 Å². The molecule has 0 aliphatic carbocycles. The van der Waals surface area contributed by atoms with E-state index in [0.29, 0.717) is 16.9 Å². The Morgan fingerprint density at radius 1 is 1.00 bits per heavy atom. The Balaban J connectivity index is 2.21. The van der Waals surface area contributed by atoms with E-state index in [1.807, 2.05) is 0 Å². The van der Waals surface area contributed by atoms with E-state index in [0.717, 1.165) is 0 Å². The molecule has 2 aromatic carbocycles. The highest BCUT2D eigenvalue weighted by Crippen LogP contribution is 2.21. The van der Waals surface area contributed by atoms with Gasteiger partial charge in [0.1, 0.15) is 17.9 Å². The van der Waals surface area contributed by atoms with Crippen molar-refractivity contribution in [1.82, 2.24) is 0 Å².